The largest absolute Gasteiger partial charge is 0.492 e. The van der Waals surface area contributed by atoms with Gasteiger partial charge in [-0.2, -0.15) is 0 Å². The van der Waals surface area contributed by atoms with E-state index in [1.807, 2.05) is 36.1 Å². The summed E-state index contributed by atoms with van der Waals surface area (Å²) in [6.45, 7) is 5.54. The average molecular weight is 414 g/mol. The monoisotopic (exact) mass is 413 g/mol. The Hall–Kier alpha value is -2.57. The van der Waals surface area contributed by atoms with E-state index < -0.39 is 0 Å². The van der Waals surface area contributed by atoms with Crippen molar-refractivity contribution in [3.8, 4) is 5.75 Å². The van der Waals surface area contributed by atoms with Crippen LogP contribution in [0.25, 0.3) is 0 Å². The quantitative estimate of drug-likeness (QED) is 0.670. The number of hydrogen-bond acceptors (Lipinski definition) is 5. The SMILES string of the molecule is CCOc1ccccc1N1CCN(C(=O)CCN2C(=O)[C@H]3CCCC[C@H]3C2=O)CC1. The van der Waals surface area contributed by atoms with Crippen LogP contribution in [0.15, 0.2) is 24.3 Å². The average Bonchev–Trinajstić information content (AvgIpc) is 3.03. The summed E-state index contributed by atoms with van der Waals surface area (Å²) in [4.78, 5) is 43.3. The summed E-state index contributed by atoms with van der Waals surface area (Å²) in [5, 5.41) is 0. The van der Waals surface area contributed by atoms with Crippen molar-refractivity contribution in [2.24, 2.45) is 11.8 Å². The third kappa shape index (κ3) is 4.02. The summed E-state index contributed by atoms with van der Waals surface area (Å²) in [6.07, 6.45) is 3.87. The Balaban J connectivity index is 1.29. The first-order valence-corrected chi connectivity index (χ1v) is 11.2. The summed E-state index contributed by atoms with van der Waals surface area (Å²) < 4.78 is 5.73. The van der Waals surface area contributed by atoms with Crippen LogP contribution < -0.4 is 9.64 Å². The van der Waals surface area contributed by atoms with Crippen LogP contribution >= 0.6 is 0 Å². The number of amides is 3. The Morgan fingerprint density at radius 2 is 1.63 bits per heavy atom. The number of piperazine rings is 1. The minimum atomic E-state index is -0.143. The molecule has 2 saturated heterocycles. The van der Waals surface area contributed by atoms with Gasteiger partial charge in [0.05, 0.1) is 24.1 Å². The third-order valence-electron chi connectivity index (χ3n) is 6.62. The highest BCUT2D eigenvalue weighted by molar-refractivity contribution is 6.05. The Morgan fingerprint density at radius 1 is 1.00 bits per heavy atom. The van der Waals surface area contributed by atoms with Gasteiger partial charge < -0.3 is 14.5 Å². The van der Waals surface area contributed by atoms with Crippen LogP contribution in [0.4, 0.5) is 5.69 Å². The number of ether oxygens (including phenoxy) is 1. The van der Waals surface area contributed by atoms with Crippen molar-refractivity contribution in [3.63, 3.8) is 0 Å². The predicted octanol–water partition coefficient (Wildman–Crippen LogP) is 2.30. The Labute approximate surface area is 177 Å². The molecule has 30 heavy (non-hydrogen) atoms. The van der Waals surface area contributed by atoms with Gasteiger partial charge in [-0.05, 0) is 31.9 Å². The molecule has 1 saturated carbocycles. The first-order chi connectivity index (χ1) is 14.6. The molecule has 3 fully saturated rings. The molecule has 2 atom stereocenters. The van der Waals surface area contributed by atoms with Crippen LogP contribution in [-0.4, -0.2) is 66.9 Å². The highest BCUT2D eigenvalue weighted by Crippen LogP contribution is 2.38. The predicted molar refractivity (Wildman–Crippen MR) is 113 cm³/mol. The van der Waals surface area contributed by atoms with Crippen molar-refractivity contribution in [2.45, 2.75) is 39.0 Å². The summed E-state index contributed by atoms with van der Waals surface area (Å²) in [5.41, 5.74) is 1.06. The molecule has 2 aliphatic heterocycles. The molecule has 0 unspecified atom stereocenters. The minimum Gasteiger partial charge on any atom is -0.492 e. The van der Waals surface area contributed by atoms with Crippen molar-refractivity contribution in [3.05, 3.63) is 24.3 Å². The lowest BCUT2D eigenvalue weighted by Crippen LogP contribution is -2.49. The molecule has 7 nitrogen and oxygen atoms in total. The zero-order valence-corrected chi connectivity index (χ0v) is 17.7. The molecule has 1 aliphatic carbocycles. The zero-order chi connectivity index (χ0) is 21.1. The van der Waals surface area contributed by atoms with Gasteiger partial charge in [0.1, 0.15) is 5.75 Å². The van der Waals surface area contributed by atoms with Gasteiger partial charge in [-0.1, -0.05) is 25.0 Å². The topological polar surface area (TPSA) is 70.2 Å². The standard InChI is InChI=1S/C23H31N3O4/c1-2-30-20-10-6-5-9-19(20)24-13-15-25(16-14-24)21(27)11-12-26-22(28)17-7-3-4-8-18(17)23(26)29/h5-6,9-10,17-18H,2-4,7-8,11-16H2,1H3/t17-,18+. The van der Waals surface area contributed by atoms with Gasteiger partial charge in [-0.25, -0.2) is 0 Å². The summed E-state index contributed by atoms with van der Waals surface area (Å²) in [7, 11) is 0. The molecule has 1 aromatic rings. The second-order valence-electron chi connectivity index (χ2n) is 8.34. The smallest absolute Gasteiger partial charge is 0.233 e. The fourth-order valence-electron chi connectivity index (χ4n) is 5.01. The maximum atomic E-state index is 12.7. The van der Waals surface area contributed by atoms with Crippen molar-refractivity contribution < 1.29 is 19.1 Å². The molecule has 0 N–H and O–H groups in total. The van der Waals surface area contributed by atoms with Gasteiger partial charge in [-0.3, -0.25) is 19.3 Å². The van der Waals surface area contributed by atoms with E-state index in [4.69, 9.17) is 4.74 Å². The minimum absolute atomic E-state index is 0.0169. The van der Waals surface area contributed by atoms with Crippen molar-refractivity contribution in [1.82, 2.24) is 9.80 Å². The number of imide groups is 1. The summed E-state index contributed by atoms with van der Waals surface area (Å²) in [5.74, 6) is 0.478. The van der Waals surface area contributed by atoms with E-state index in [1.165, 1.54) is 4.90 Å². The highest BCUT2D eigenvalue weighted by Gasteiger charge is 2.47. The van der Waals surface area contributed by atoms with Gasteiger partial charge in [0.15, 0.2) is 0 Å². The molecule has 4 rings (SSSR count). The van der Waals surface area contributed by atoms with Crippen LogP contribution in [0.5, 0.6) is 5.75 Å². The Bertz CT molecular complexity index is 779. The highest BCUT2D eigenvalue weighted by atomic mass is 16.5. The number of nitrogens with zero attached hydrogens (tertiary/aromatic N) is 3. The summed E-state index contributed by atoms with van der Waals surface area (Å²) >= 11 is 0. The molecular weight excluding hydrogens is 382 g/mol. The number of benzene rings is 1. The van der Waals surface area contributed by atoms with E-state index >= 15 is 0 Å². The number of rotatable bonds is 6. The number of carbonyl (C=O) groups excluding carboxylic acids is 3. The van der Waals surface area contributed by atoms with Gasteiger partial charge in [-0.15, -0.1) is 0 Å². The van der Waals surface area contributed by atoms with Crippen LogP contribution in [0.1, 0.15) is 39.0 Å². The van der Waals surface area contributed by atoms with Gasteiger partial charge >= 0.3 is 0 Å². The van der Waals surface area contributed by atoms with Crippen LogP contribution in [-0.2, 0) is 14.4 Å². The van der Waals surface area contributed by atoms with E-state index in [0.717, 1.165) is 50.2 Å². The number of hydrogen-bond donors (Lipinski definition) is 0. The van der Waals surface area contributed by atoms with Crippen LogP contribution in [0.2, 0.25) is 0 Å². The molecule has 0 radical (unpaired) electrons. The molecule has 162 valence electrons. The number of para-hydroxylation sites is 2. The van der Waals surface area contributed by atoms with E-state index in [1.54, 1.807) is 0 Å². The van der Waals surface area contributed by atoms with E-state index in [2.05, 4.69) is 4.90 Å². The molecule has 2 heterocycles. The Morgan fingerprint density at radius 3 is 2.27 bits per heavy atom. The second kappa shape index (κ2) is 9.06. The molecule has 3 amide bonds. The van der Waals surface area contributed by atoms with Gasteiger partial charge in [0.2, 0.25) is 17.7 Å². The maximum Gasteiger partial charge on any atom is 0.233 e. The summed E-state index contributed by atoms with van der Waals surface area (Å²) in [6, 6.07) is 7.98. The lowest BCUT2D eigenvalue weighted by Gasteiger charge is -2.37. The number of fused-ring (bicyclic) bond motifs is 1. The lowest BCUT2D eigenvalue weighted by molar-refractivity contribution is -0.140. The van der Waals surface area contributed by atoms with Crippen LogP contribution in [0.3, 0.4) is 0 Å². The lowest BCUT2D eigenvalue weighted by atomic mass is 9.81. The second-order valence-corrected chi connectivity index (χ2v) is 8.34. The zero-order valence-electron chi connectivity index (χ0n) is 17.7. The number of carbonyl (C=O) groups is 3. The van der Waals surface area contributed by atoms with E-state index in [0.29, 0.717) is 19.7 Å². The fraction of sp³-hybridized carbons (Fsp3) is 0.609. The van der Waals surface area contributed by atoms with Crippen molar-refractivity contribution >= 4 is 23.4 Å². The fourth-order valence-corrected chi connectivity index (χ4v) is 5.01. The van der Waals surface area contributed by atoms with Crippen molar-refractivity contribution in [1.29, 1.82) is 0 Å². The first kappa shape index (κ1) is 20.7. The van der Waals surface area contributed by atoms with Crippen molar-refractivity contribution in [2.75, 3.05) is 44.2 Å². The molecule has 3 aliphatic rings. The Kier molecular flexibility index (Phi) is 6.25. The van der Waals surface area contributed by atoms with E-state index in [-0.39, 0.29) is 42.5 Å². The molecule has 0 bridgehead atoms. The third-order valence-corrected chi connectivity index (χ3v) is 6.62. The molecular formula is C23H31N3O4. The van der Waals surface area contributed by atoms with Gasteiger partial charge in [0, 0.05) is 39.1 Å². The normalized spacial score (nSPS) is 24.2. The number of likely N-dealkylation sites (tertiary alicyclic amines) is 1. The molecule has 0 spiro atoms. The molecule has 0 aromatic heterocycles. The first-order valence-electron chi connectivity index (χ1n) is 11.2. The van der Waals surface area contributed by atoms with E-state index in [9.17, 15) is 14.4 Å². The molecule has 7 heteroatoms. The number of anilines is 1. The van der Waals surface area contributed by atoms with Crippen LogP contribution in [0, 0.1) is 11.8 Å². The maximum absolute atomic E-state index is 12.7. The van der Waals surface area contributed by atoms with Gasteiger partial charge in [0.25, 0.3) is 0 Å². The molecule has 1 aromatic carbocycles.